The molecule has 2 aromatic rings. The highest BCUT2D eigenvalue weighted by atomic mass is 16.5. The van der Waals surface area contributed by atoms with Crippen LogP contribution in [0.2, 0.25) is 0 Å². The monoisotopic (exact) mass is 329 g/mol. The minimum atomic E-state index is 0.173. The van der Waals surface area contributed by atoms with Gasteiger partial charge in [-0.25, -0.2) is 0 Å². The maximum absolute atomic E-state index is 12.4. The lowest BCUT2D eigenvalue weighted by Gasteiger charge is -2.33. The highest BCUT2D eigenvalue weighted by molar-refractivity contribution is 5.76. The van der Waals surface area contributed by atoms with E-state index in [9.17, 15) is 4.79 Å². The number of amides is 1. The van der Waals surface area contributed by atoms with E-state index in [1.165, 1.54) is 6.42 Å². The number of hydrogen-bond donors (Lipinski definition) is 0. The number of benzene rings is 1. The van der Waals surface area contributed by atoms with Gasteiger partial charge in [0.1, 0.15) is 5.75 Å². The van der Waals surface area contributed by atoms with Gasteiger partial charge < -0.3 is 14.2 Å². The van der Waals surface area contributed by atoms with Crippen LogP contribution < -0.4 is 4.74 Å². The highest BCUT2D eigenvalue weighted by Crippen LogP contribution is 2.21. The molecule has 24 heavy (non-hydrogen) atoms. The second-order valence-electron chi connectivity index (χ2n) is 6.17. The Balaban J connectivity index is 1.58. The minimum absolute atomic E-state index is 0.173. The van der Waals surface area contributed by atoms with E-state index in [1.54, 1.807) is 7.11 Å². The lowest BCUT2D eigenvalue weighted by atomic mass is 10.0. The van der Waals surface area contributed by atoms with E-state index >= 15 is 0 Å². The molecule has 6 nitrogen and oxygen atoms in total. The normalized spacial score (nSPS) is 17.8. The first-order valence-electron chi connectivity index (χ1n) is 8.44. The van der Waals surface area contributed by atoms with E-state index in [0.717, 1.165) is 30.7 Å². The van der Waals surface area contributed by atoms with Crippen molar-refractivity contribution in [3.63, 3.8) is 0 Å². The van der Waals surface area contributed by atoms with Gasteiger partial charge in [0, 0.05) is 31.0 Å². The number of methoxy groups -OCH3 is 1. The molecule has 1 amide bonds. The molecule has 1 unspecified atom stereocenters. The van der Waals surface area contributed by atoms with Gasteiger partial charge in [-0.05, 0) is 50.5 Å². The first kappa shape index (κ1) is 16.5. The summed E-state index contributed by atoms with van der Waals surface area (Å²) in [4.78, 5) is 18.7. The second-order valence-corrected chi connectivity index (χ2v) is 6.17. The summed E-state index contributed by atoms with van der Waals surface area (Å²) in [6.07, 6.45) is 4.28. The van der Waals surface area contributed by atoms with Crippen molar-refractivity contribution in [1.29, 1.82) is 0 Å². The number of carbonyl (C=O) groups excluding carboxylic acids is 1. The number of ether oxygens (including phenoxy) is 1. The zero-order valence-electron chi connectivity index (χ0n) is 14.2. The first-order chi connectivity index (χ1) is 11.7. The Hall–Kier alpha value is -2.37. The summed E-state index contributed by atoms with van der Waals surface area (Å²) in [5.41, 5.74) is 0.863. The Labute approximate surface area is 141 Å². The summed E-state index contributed by atoms with van der Waals surface area (Å²) in [5.74, 6) is 1.99. The Morgan fingerprint density at radius 3 is 2.83 bits per heavy atom. The number of piperidine rings is 1. The molecule has 0 bridgehead atoms. The number of nitrogens with zero attached hydrogens (tertiary/aromatic N) is 3. The molecule has 0 radical (unpaired) electrons. The maximum atomic E-state index is 12.4. The van der Waals surface area contributed by atoms with E-state index in [4.69, 9.17) is 9.26 Å². The zero-order valence-corrected chi connectivity index (χ0v) is 14.2. The topological polar surface area (TPSA) is 68.5 Å². The quantitative estimate of drug-likeness (QED) is 0.843. The SMILES string of the molecule is COc1ccc(-c2noc(CCC(=O)N3CCCCC3C)n2)cc1. The van der Waals surface area contributed by atoms with E-state index in [1.807, 2.05) is 29.2 Å². The van der Waals surface area contributed by atoms with Crippen LogP contribution in [0, 0.1) is 0 Å². The molecule has 1 aliphatic rings. The van der Waals surface area contributed by atoms with Crippen LogP contribution in [0.1, 0.15) is 38.5 Å². The van der Waals surface area contributed by atoms with E-state index in [-0.39, 0.29) is 5.91 Å². The molecule has 1 aromatic heterocycles. The molecule has 1 aromatic carbocycles. The van der Waals surface area contributed by atoms with Crippen LogP contribution >= 0.6 is 0 Å². The van der Waals surface area contributed by atoms with Crippen molar-refractivity contribution < 1.29 is 14.1 Å². The van der Waals surface area contributed by atoms with Crippen molar-refractivity contribution >= 4 is 5.91 Å². The van der Waals surface area contributed by atoms with Gasteiger partial charge in [-0.1, -0.05) is 5.16 Å². The smallest absolute Gasteiger partial charge is 0.227 e. The Morgan fingerprint density at radius 1 is 1.33 bits per heavy atom. The third-order valence-electron chi connectivity index (χ3n) is 4.49. The summed E-state index contributed by atoms with van der Waals surface area (Å²) in [6, 6.07) is 7.81. The summed E-state index contributed by atoms with van der Waals surface area (Å²) < 4.78 is 10.4. The van der Waals surface area contributed by atoms with Gasteiger partial charge in [0.25, 0.3) is 0 Å². The predicted molar refractivity (Wildman–Crippen MR) is 89.6 cm³/mol. The van der Waals surface area contributed by atoms with Gasteiger partial charge in [0.2, 0.25) is 17.6 Å². The van der Waals surface area contributed by atoms with Crippen LogP contribution in [0.4, 0.5) is 0 Å². The highest BCUT2D eigenvalue weighted by Gasteiger charge is 2.23. The third-order valence-corrected chi connectivity index (χ3v) is 4.49. The fourth-order valence-electron chi connectivity index (χ4n) is 3.04. The fraction of sp³-hybridized carbons (Fsp3) is 0.500. The first-order valence-corrected chi connectivity index (χ1v) is 8.44. The van der Waals surface area contributed by atoms with Gasteiger partial charge >= 0.3 is 0 Å². The van der Waals surface area contributed by atoms with Crippen LogP contribution in [0.15, 0.2) is 28.8 Å². The third kappa shape index (κ3) is 3.75. The summed E-state index contributed by atoms with van der Waals surface area (Å²) in [6.45, 7) is 2.98. The van der Waals surface area contributed by atoms with Crippen molar-refractivity contribution in [1.82, 2.24) is 15.0 Å². The fourth-order valence-corrected chi connectivity index (χ4v) is 3.04. The summed E-state index contributed by atoms with van der Waals surface area (Å²) >= 11 is 0. The van der Waals surface area contributed by atoms with Gasteiger partial charge in [-0.3, -0.25) is 4.79 Å². The molecule has 0 aliphatic carbocycles. The zero-order chi connectivity index (χ0) is 16.9. The van der Waals surface area contributed by atoms with E-state index in [2.05, 4.69) is 17.1 Å². The molecule has 1 aliphatic heterocycles. The molecular weight excluding hydrogens is 306 g/mol. The molecule has 128 valence electrons. The van der Waals surface area contributed by atoms with Gasteiger partial charge in [-0.2, -0.15) is 4.98 Å². The van der Waals surface area contributed by atoms with Crippen LogP contribution in [-0.2, 0) is 11.2 Å². The average Bonchev–Trinajstić information content (AvgIpc) is 3.09. The Kier molecular flexibility index (Phi) is 5.13. The number of aromatic nitrogens is 2. The molecule has 1 saturated heterocycles. The molecule has 0 saturated carbocycles. The number of hydrogen-bond acceptors (Lipinski definition) is 5. The molecule has 6 heteroatoms. The van der Waals surface area contributed by atoms with Crippen molar-refractivity contribution in [3.8, 4) is 17.1 Å². The van der Waals surface area contributed by atoms with Crippen LogP contribution in [-0.4, -0.2) is 40.6 Å². The second kappa shape index (κ2) is 7.47. The molecule has 2 heterocycles. The Bertz CT molecular complexity index is 681. The summed E-state index contributed by atoms with van der Waals surface area (Å²) in [7, 11) is 1.63. The van der Waals surface area contributed by atoms with Crippen LogP contribution in [0.25, 0.3) is 11.4 Å². The predicted octanol–water partition coefficient (Wildman–Crippen LogP) is 3.08. The van der Waals surface area contributed by atoms with Gasteiger partial charge in [0.15, 0.2) is 0 Å². The average molecular weight is 329 g/mol. The van der Waals surface area contributed by atoms with Crippen LogP contribution in [0.5, 0.6) is 5.75 Å². The maximum Gasteiger partial charge on any atom is 0.227 e. The summed E-state index contributed by atoms with van der Waals surface area (Å²) in [5, 5.41) is 4.00. The van der Waals surface area contributed by atoms with Crippen molar-refractivity contribution in [2.24, 2.45) is 0 Å². The lowest BCUT2D eigenvalue weighted by molar-refractivity contribution is -0.134. The van der Waals surface area contributed by atoms with Gasteiger partial charge in [0.05, 0.1) is 7.11 Å². The van der Waals surface area contributed by atoms with Crippen molar-refractivity contribution in [2.75, 3.05) is 13.7 Å². The molecule has 0 spiro atoms. The molecule has 3 rings (SSSR count). The minimum Gasteiger partial charge on any atom is -0.497 e. The molecule has 1 atom stereocenters. The molecule has 1 fully saturated rings. The van der Waals surface area contributed by atoms with Crippen LogP contribution in [0.3, 0.4) is 0 Å². The van der Waals surface area contributed by atoms with E-state index in [0.29, 0.717) is 30.6 Å². The van der Waals surface area contributed by atoms with Gasteiger partial charge in [-0.15, -0.1) is 0 Å². The standard InChI is InChI=1S/C18H23N3O3/c1-13-5-3-4-12-21(13)17(22)11-10-16-19-18(20-24-16)14-6-8-15(23-2)9-7-14/h6-9,13H,3-5,10-12H2,1-2H3. The lowest BCUT2D eigenvalue weighted by Crippen LogP contribution is -2.42. The Morgan fingerprint density at radius 2 is 2.12 bits per heavy atom. The molecule has 0 N–H and O–H groups in total. The number of rotatable bonds is 5. The number of carbonyl (C=O) groups is 1. The number of aryl methyl sites for hydroxylation is 1. The number of likely N-dealkylation sites (tertiary alicyclic amines) is 1. The van der Waals surface area contributed by atoms with Crippen molar-refractivity contribution in [2.45, 2.75) is 45.1 Å². The largest absolute Gasteiger partial charge is 0.497 e. The molecular formula is C18H23N3O3. The van der Waals surface area contributed by atoms with E-state index < -0.39 is 0 Å². The van der Waals surface area contributed by atoms with Crippen molar-refractivity contribution in [3.05, 3.63) is 30.2 Å².